The molecule has 0 saturated heterocycles. The number of carbonyl (C=O) groups excluding carboxylic acids is 2. The van der Waals surface area contributed by atoms with Crippen LogP contribution in [0.4, 0.5) is 9.93 Å². The van der Waals surface area contributed by atoms with Crippen LogP contribution in [0.25, 0.3) is 0 Å². The van der Waals surface area contributed by atoms with Gasteiger partial charge in [0.05, 0.1) is 18.8 Å². The first-order chi connectivity index (χ1) is 15.1. The highest BCUT2D eigenvalue weighted by Crippen LogP contribution is 2.28. The Balaban J connectivity index is 1.27. The van der Waals surface area contributed by atoms with Gasteiger partial charge in [0.25, 0.3) is 5.91 Å². The number of thiazole rings is 1. The number of fused-ring (bicyclic) bond motifs is 1. The minimum Gasteiger partial charge on any atom is -0.494 e. The maximum Gasteiger partial charge on any atom is 0.321 e. The van der Waals surface area contributed by atoms with Gasteiger partial charge in [-0.1, -0.05) is 24.2 Å². The van der Waals surface area contributed by atoms with Gasteiger partial charge >= 0.3 is 6.03 Å². The van der Waals surface area contributed by atoms with E-state index in [0.717, 1.165) is 29.2 Å². The molecule has 0 radical (unpaired) electrons. The molecule has 1 aliphatic carbocycles. The van der Waals surface area contributed by atoms with E-state index in [9.17, 15) is 9.59 Å². The molecule has 0 spiro atoms. The number of rotatable bonds is 7. The van der Waals surface area contributed by atoms with Crippen molar-refractivity contribution in [3.63, 3.8) is 0 Å². The third-order valence-corrected chi connectivity index (χ3v) is 6.49. The molecule has 2 heterocycles. The normalized spacial score (nSPS) is 16.0. The highest BCUT2D eigenvalue weighted by molar-refractivity contribution is 7.15. The van der Waals surface area contributed by atoms with Gasteiger partial charge in [-0.2, -0.15) is 0 Å². The Hall–Kier alpha value is -2.81. The number of aromatic nitrogens is 1. The van der Waals surface area contributed by atoms with Crippen LogP contribution < -0.4 is 20.1 Å². The molecule has 2 aromatic rings. The molecule has 0 atom stereocenters. The van der Waals surface area contributed by atoms with Crippen molar-refractivity contribution in [3.05, 3.63) is 34.8 Å². The van der Waals surface area contributed by atoms with E-state index in [-0.39, 0.29) is 24.6 Å². The van der Waals surface area contributed by atoms with Gasteiger partial charge in [0, 0.05) is 23.9 Å². The molecule has 2 N–H and O–H groups in total. The number of nitrogens with one attached hydrogen (secondary N) is 2. The smallest absolute Gasteiger partial charge is 0.321 e. The number of carbonyl (C=O) groups is 2. The minimum atomic E-state index is -0.199. The maximum atomic E-state index is 12.6. The molecule has 31 heavy (non-hydrogen) atoms. The zero-order chi connectivity index (χ0) is 21.6. The van der Waals surface area contributed by atoms with Gasteiger partial charge < -0.3 is 19.7 Å². The van der Waals surface area contributed by atoms with E-state index in [1.165, 1.54) is 24.2 Å². The van der Waals surface area contributed by atoms with E-state index in [0.29, 0.717) is 37.0 Å². The second kappa shape index (κ2) is 10.00. The minimum absolute atomic E-state index is 0.0168. The molecular weight excluding hydrogens is 416 g/mol. The second-order valence-corrected chi connectivity index (χ2v) is 8.81. The highest BCUT2D eigenvalue weighted by Gasteiger charge is 2.25. The fourth-order valence-electron chi connectivity index (χ4n) is 3.89. The van der Waals surface area contributed by atoms with Crippen molar-refractivity contribution >= 4 is 28.4 Å². The van der Waals surface area contributed by atoms with Crippen molar-refractivity contribution in [2.24, 2.45) is 0 Å². The number of urea groups is 1. The van der Waals surface area contributed by atoms with Gasteiger partial charge in [-0.15, -0.1) is 0 Å². The zero-order valence-electron chi connectivity index (χ0n) is 17.7. The number of nitrogens with zero attached hydrogens (tertiary/aromatic N) is 2. The molecule has 1 aliphatic heterocycles. The molecule has 1 saturated carbocycles. The Morgan fingerprint density at radius 1 is 1.16 bits per heavy atom. The first kappa shape index (κ1) is 21.4. The van der Waals surface area contributed by atoms with E-state index < -0.39 is 0 Å². The lowest BCUT2D eigenvalue weighted by Gasteiger charge is -2.26. The highest BCUT2D eigenvalue weighted by atomic mass is 32.1. The summed E-state index contributed by atoms with van der Waals surface area (Å²) in [6.07, 6.45) is 5.09. The molecule has 166 valence electrons. The van der Waals surface area contributed by atoms with Crippen molar-refractivity contribution in [3.8, 4) is 11.5 Å². The van der Waals surface area contributed by atoms with Crippen LogP contribution in [0, 0.1) is 0 Å². The first-order valence-electron chi connectivity index (χ1n) is 10.8. The topological polar surface area (TPSA) is 92.8 Å². The van der Waals surface area contributed by atoms with E-state index in [1.54, 1.807) is 17.0 Å². The van der Waals surface area contributed by atoms with Crippen molar-refractivity contribution in [1.82, 2.24) is 15.2 Å². The number of hydrogen-bond donors (Lipinski definition) is 2. The van der Waals surface area contributed by atoms with Crippen LogP contribution in [-0.4, -0.2) is 47.6 Å². The van der Waals surface area contributed by atoms with Crippen molar-refractivity contribution in [1.29, 1.82) is 0 Å². The molecule has 9 heteroatoms. The third-order valence-electron chi connectivity index (χ3n) is 5.49. The fraction of sp³-hybridized carbons (Fsp3) is 0.500. The summed E-state index contributed by atoms with van der Waals surface area (Å²) in [6, 6.07) is 7.30. The monoisotopic (exact) mass is 444 g/mol. The Labute approximate surface area is 185 Å². The molecule has 1 aromatic heterocycles. The SMILES string of the molecule is CCOc1ccc(OCC(=O)N2CCc3nc(NC(=O)NC4CCCC4)sc3C2)cc1. The summed E-state index contributed by atoms with van der Waals surface area (Å²) in [4.78, 5) is 32.1. The average Bonchev–Trinajstić information content (AvgIpc) is 3.41. The number of anilines is 1. The van der Waals surface area contributed by atoms with Crippen LogP contribution in [0.2, 0.25) is 0 Å². The lowest BCUT2D eigenvalue weighted by molar-refractivity contribution is -0.134. The Morgan fingerprint density at radius 2 is 1.87 bits per heavy atom. The summed E-state index contributed by atoms with van der Waals surface area (Å²) in [5.41, 5.74) is 0.956. The van der Waals surface area contributed by atoms with Crippen LogP contribution in [0.3, 0.4) is 0 Å². The number of hydrogen-bond acceptors (Lipinski definition) is 6. The van der Waals surface area contributed by atoms with E-state index in [1.807, 2.05) is 19.1 Å². The van der Waals surface area contributed by atoms with Crippen LogP contribution in [-0.2, 0) is 17.8 Å². The second-order valence-electron chi connectivity index (χ2n) is 7.73. The van der Waals surface area contributed by atoms with Gasteiger partial charge in [-0.05, 0) is 44.0 Å². The Morgan fingerprint density at radius 3 is 2.58 bits per heavy atom. The summed E-state index contributed by atoms with van der Waals surface area (Å²) in [5.74, 6) is 1.34. The standard InChI is InChI=1S/C22H28N4O4S/c1-2-29-16-7-9-17(10-8-16)30-14-20(27)26-12-11-18-19(13-26)31-22(24-18)25-21(28)23-15-5-3-4-6-15/h7-10,15H,2-6,11-14H2,1H3,(H2,23,24,25,28). The Bertz CT molecular complexity index is 909. The van der Waals surface area contributed by atoms with Crippen LogP contribution >= 0.6 is 11.3 Å². The summed E-state index contributed by atoms with van der Waals surface area (Å²) in [6.45, 7) is 3.60. The van der Waals surface area contributed by atoms with Gasteiger partial charge in [0.15, 0.2) is 11.7 Å². The number of amides is 3. The maximum absolute atomic E-state index is 12.6. The van der Waals surface area contributed by atoms with Crippen molar-refractivity contribution < 1.29 is 19.1 Å². The molecule has 8 nitrogen and oxygen atoms in total. The predicted octanol–water partition coefficient (Wildman–Crippen LogP) is 3.57. The molecule has 4 rings (SSSR count). The summed E-state index contributed by atoms with van der Waals surface area (Å²) in [7, 11) is 0. The fourth-order valence-corrected chi connectivity index (χ4v) is 4.90. The molecule has 3 amide bonds. The van der Waals surface area contributed by atoms with Crippen LogP contribution in [0.15, 0.2) is 24.3 Å². The van der Waals surface area contributed by atoms with E-state index in [4.69, 9.17) is 9.47 Å². The first-order valence-corrected chi connectivity index (χ1v) is 11.6. The van der Waals surface area contributed by atoms with Gasteiger partial charge in [-0.3, -0.25) is 10.1 Å². The van der Waals surface area contributed by atoms with Gasteiger partial charge in [0.1, 0.15) is 11.5 Å². The zero-order valence-corrected chi connectivity index (χ0v) is 18.5. The molecular formula is C22H28N4O4S. The van der Waals surface area contributed by atoms with Crippen molar-refractivity contribution in [2.45, 2.75) is 51.6 Å². The molecule has 0 unspecified atom stereocenters. The van der Waals surface area contributed by atoms with Gasteiger partial charge in [0.2, 0.25) is 0 Å². The number of benzene rings is 1. The quantitative estimate of drug-likeness (QED) is 0.681. The average molecular weight is 445 g/mol. The lowest BCUT2D eigenvalue weighted by Crippen LogP contribution is -2.38. The van der Waals surface area contributed by atoms with Crippen LogP contribution in [0.1, 0.15) is 43.2 Å². The van der Waals surface area contributed by atoms with E-state index in [2.05, 4.69) is 15.6 Å². The summed E-state index contributed by atoms with van der Waals surface area (Å²) < 4.78 is 11.0. The molecule has 1 fully saturated rings. The number of ether oxygens (including phenoxy) is 2. The lowest BCUT2D eigenvalue weighted by atomic mass is 10.2. The molecule has 0 bridgehead atoms. The van der Waals surface area contributed by atoms with E-state index >= 15 is 0 Å². The Kier molecular flexibility index (Phi) is 6.91. The summed E-state index contributed by atoms with van der Waals surface area (Å²) >= 11 is 1.43. The van der Waals surface area contributed by atoms with Gasteiger partial charge in [-0.25, -0.2) is 9.78 Å². The van der Waals surface area contributed by atoms with Crippen LogP contribution in [0.5, 0.6) is 11.5 Å². The molecule has 1 aromatic carbocycles. The third kappa shape index (κ3) is 5.66. The van der Waals surface area contributed by atoms with Crippen molar-refractivity contribution in [2.75, 3.05) is 25.1 Å². The molecule has 2 aliphatic rings. The predicted molar refractivity (Wildman–Crippen MR) is 119 cm³/mol. The summed E-state index contributed by atoms with van der Waals surface area (Å²) in [5, 5.41) is 6.44. The largest absolute Gasteiger partial charge is 0.494 e.